The van der Waals surface area contributed by atoms with Crippen LogP contribution >= 0.6 is 23.2 Å². The van der Waals surface area contributed by atoms with E-state index in [-0.39, 0.29) is 0 Å². The average Bonchev–Trinajstić information content (AvgIpc) is 3.39. The van der Waals surface area contributed by atoms with Crippen molar-refractivity contribution in [2.75, 3.05) is 49.2 Å². The highest BCUT2D eigenvalue weighted by Crippen LogP contribution is 2.37. The third-order valence-corrected chi connectivity index (χ3v) is 6.83. The largest absolute Gasteiger partial charge is 0.352 e. The number of hydrogen-bond acceptors (Lipinski definition) is 7. The molecule has 3 aliphatic rings. The lowest BCUT2D eigenvalue weighted by atomic mass is 10.0. The number of halogens is 2. The Morgan fingerprint density at radius 1 is 0.906 bits per heavy atom. The van der Waals surface area contributed by atoms with Crippen molar-refractivity contribution in [1.29, 1.82) is 0 Å². The summed E-state index contributed by atoms with van der Waals surface area (Å²) in [5, 5.41) is 10.5. The van der Waals surface area contributed by atoms with Gasteiger partial charge in [-0.25, -0.2) is 4.98 Å². The molecule has 10 heteroatoms. The van der Waals surface area contributed by atoms with E-state index in [0.717, 1.165) is 55.0 Å². The fraction of sp³-hybridized carbons (Fsp3) is 0.409. The first-order valence-corrected chi connectivity index (χ1v) is 11.5. The first-order valence-electron chi connectivity index (χ1n) is 10.7. The van der Waals surface area contributed by atoms with Crippen molar-refractivity contribution in [2.24, 2.45) is 0 Å². The Morgan fingerprint density at radius 2 is 1.69 bits per heavy atom. The smallest absolute Gasteiger partial charge is 0.232 e. The Bertz CT molecular complexity index is 1160. The van der Waals surface area contributed by atoms with Gasteiger partial charge in [0.15, 0.2) is 5.79 Å². The fourth-order valence-electron chi connectivity index (χ4n) is 4.81. The molecular formula is C22H22Cl2N6O2. The minimum atomic E-state index is -0.716. The molecule has 0 amide bonds. The Balaban J connectivity index is 1.34. The second-order valence-corrected chi connectivity index (χ2v) is 9.11. The Kier molecular flexibility index (Phi) is 4.98. The van der Waals surface area contributed by atoms with Crippen LogP contribution in [-0.4, -0.2) is 64.9 Å². The number of aromatic nitrogens is 4. The Hall–Kier alpha value is -2.39. The van der Waals surface area contributed by atoms with Crippen LogP contribution in [0.1, 0.15) is 11.4 Å². The summed E-state index contributed by atoms with van der Waals surface area (Å²) >= 11 is 12.7. The van der Waals surface area contributed by atoms with Gasteiger partial charge in [-0.05, 0) is 35.9 Å². The van der Waals surface area contributed by atoms with Crippen LogP contribution in [0.15, 0.2) is 36.5 Å². The standard InChI is InChI=1S/C22H22Cl2N6O2/c23-16-3-4-18-15(12-16)13-22(31-10-11-32-22)14-19-26-27-21(30(18)19)29-8-6-28(7-9-29)20-17(24)2-1-5-25-20/h1-5,12H,6-11,13-14H2. The lowest BCUT2D eigenvalue weighted by Gasteiger charge is -2.36. The molecule has 2 aromatic heterocycles. The lowest BCUT2D eigenvalue weighted by Crippen LogP contribution is -2.47. The van der Waals surface area contributed by atoms with E-state index in [1.165, 1.54) is 0 Å². The number of ether oxygens (including phenoxy) is 2. The van der Waals surface area contributed by atoms with Gasteiger partial charge in [-0.15, -0.1) is 10.2 Å². The molecule has 0 N–H and O–H groups in total. The van der Waals surface area contributed by atoms with E-state index in [9.17, 15) is 0 Å². The zero-order valence-corrected chi connectivity index (χ0v) is 18.9. The molecule has 1 spiro atoms. The highest BCUT2D eigenvalue weighted by atomic mass is 35.5. The van der Waals surface area contributed by atoms with Gasteiger partial charge in [0, 0.05) is 43.8 Å². The van der Waals surface area contributed by atoms with E-state index in [1.807, 2.05) is 30.3 Å². The van der Waals surface area contributed by atoms with E-state index >= 15 is 0 Å². The number of nitrogens with zero attached hydrogens (tertiary/aromatic N) is 6. The summed E-state index contributed by atoms with van der Waals surface area (Å²) in [6.07, 6.45) is 2.94. The summed E-state index contributed by atoms with van der Waals surface area (Å²) in [5.41, 5.74) is 2.09. The molecule has 3 aromatic rings. The van der Waals surface area contributed by atoms with Gasteiger partial charge in [-0.2, -0.15) is 0 Å². The molecule has 32 heavy (non-hydrogen) atoms. The zero-order valence-electron chi connectivity index (χ0n) is 17.4. The Morgan fingerprint density at radius 3 is 2.47 bits per heavy atom. The normalized spacial score (nSPS) is 19.7. The Labute approximate surface area is 195 Å². The SMILES string of the molecule is Clc1ccc2c(c1)CC1(Cc3nnc(N4CCN(c5ncccc5Cl)CC4)n3-2)OCCO1. The number of hydrogen-bond donors (Lipinski definition) is 0. The number of pyridine rings is 1. The molecule has 0 radical (unpaired) electrons. The van der Waals surface area contributed by atoms with Gasteiger partial charge in [-0.3, -0.25) is 4.57 Å². The van der Waals surface area contributed by atoms with Gasteiger partial charge in [-0.1, -0.05) is 23.2 Å². The number of rotatable bonds is 2. The van der Waals surface area contributed by atoms with Crippen molar-refractivity contribution in [2.45, 2.75) is 18.6 Å². The van der Waals surface area contributed by atoms with Gasteiger partial charge in [0.1, 0.15) is 11.6 Å². The van der Waals surface area contributed by atoms with Gasteiger partial charge < -0.3 is 19.3 Å². The number of benzene rings is 1. The van der Waals surface area contributed by atoms with E-state index in [2.05, 4.69) is 29.5 Å². The molecule has 1 aromatic carbocycles. The molecule has 0 bridgehead atoms. The maximum atomic E-state index is 6.36. The minimum Gasteiger partial charge on any atom is -0.352 e. The van der Waals surface area contributed by atoms with Crippen LogP contribution in [0.4, 0.5) is 11.8 Å². The highest BCUT2D eigenvalue weighted by Gasteiger charge is 2.42. The molecule has 8 nitrogen and oxygen atoms in total. The minimum absolute atomic E-state index is 0.538. The van der Waals surface area contributed by atoms with Crippen LogP contribution in [0.2, 0.25) is 10.0 Å². The number of piperazine rings is 1. The van der Waals surface area contributed by atoms with Gasteiger partial charge in [0.2, 0.25) is 5.95 Å². The fourth-order valence-corrected chi connectivity index (χ4v) is 5.25. The molecule has 0 aliphatic carbocycles. The summed E-state index contributed by atoms with van der Waals surface area (Å²) < 4.78 is 14.2. The maximum absolute atomic E-state index is 6.36. The van der Waals surface area contributed by atoms with Crippen molar-refractivity contribution < 1.29 is 9.47 Å². The third-order valence-electron chi connectivity index (χ3n) is 6.30. The van der Waals surface area contributed by atoms with E-state index in [4.69, 9.17) is 32.7 Å². The van der Waals surface area contributed by atoms with E-state index < -0.39 is 5.79 Å². The molecule has 0 saturated carbocycles. The average molecular weight is 473 g/mol. The highest BCUT2D eigenvalue weighted by molar-refractivity contribution is 6.33. The van der Waals surface area contributed by atoms with Crippen molar-refractivity contribution >= 4 is 35.0 Å². The van der Waals surface area contributed by atoms with Crippen molar-refractivity contribution in [3.8, 4) is 5.69 Å². The van der Waals surface area contributed by atoms with Crippen LogP contribution in [0, 0.1) is 0 Å². The van der Waals surface area contributed by atoms with Crippen molar-refractivity contribution in [1.82, 2.24) is 19.7 Å². The van der Waals surface area contributed by atoms with E-state index in [0.29, 0.717) is 36.1 Å². The summed E-state index contributed by atoms with van der Waals surface area (Å²) in [4.78, 5) is 8.92. The molecule has 5 heterocycles. The molecule has 0 atom stereocenters. The van der Waals surface area contributed by atoms with Crippen LogP contribution in [0.3, 0.4) is 0 Å². The lowest BCUT2D eigenvalue weighted by molar-refractivity contribution is -0.155. The van der Waals surface area contributed by atoms with Crippen LogP contribution in [-0.2, 0) is 22.3 Å². The predicted octanol–water partition coefficient (Wildman–Crippen LogP) is 3.14. The second kappa shape index (κ2) is 7.88. The molecule has 2 fully saturated rings. The number of anilines is 2. The molecular weight excluding hydrogens is 451 g/mol. The van der Waals surface area contributed by atoms with Crippen LogP contribution in [0.25, 0.3) is 5.69 Å². The zero-order chi connectivity index (χ0) is 21.7. The van der Waals surface area contributed by atoms with Crippen molar-refractivity contribution in [3.05, 3.63) is 58.0 Å². The summed E-state index contributed by atoms with van der Waals surface area (Å²) in [6, 6.07) is 9.65. The summed E-state index contributed by atoms with van der Waals surface area (Å²) in [7, 11) is 0. The molecule has 6 rings (SSSR count). The van der Waals surface area contributed by atoms with Crippen molar-refractivity contribution in [3.63, 3.8) is 0 Å². The first-order chi connectivity index (χ1) is 15.6. The topological polar surface area (TPSA) is 68.5 Å². The van der Waals surface area contributed by atoms with Crippen LogP contribution in [0.5, 0.6) is 0 Å². The number of fused-ring (bicyclic) bond motifs is 3. The van der Waals surface area contributed by atoms with Gasteiger partial charge in [0.05, 0.1) is 30.3 Å². The molecule has 166 valence electrons. The van der Waals surface area contributed by atoms with Crippen LogP contribution < -0.4 is 9.80 Å². The van der Waals surface area contributed by atoms with E-state index in [1.54, 1.807) is 6.20 Å². The summed E-state index contributed by atoms with van der Waals surface area (Å²) in [6.45, 7) is 4.31. The predicted molar refractivity (Wildman–Crippen MR) is 122 cm³/mol. The molecule has 2 saturated heterocycles. The summed E-state index contributed by atoms with van der Waals surface area (Å²) in [5.74, 6) is 1.77. The second-order valence-electron chi connectivity index (χ2n) is 8.27. The third kappa shape index (κ3) is 3.42. The molecule has 3 aliphatic heterocycles. The van der Waals surface area contributed by atoms with Gasteiger partial charge >= 0.3 is 0 Å². The maximum Gasteiger partial charge on any atom is 0.232 e. The van der Waals surface area contributed by atoms with Gasteiger partial charge in [0.25, 0.3) is 0 Å². The monoisotopic (exact) mass is 472 g/mol. The molecule has 0 unspecified atom stereocenters. The quantitative estimate of drug-likeness (QED) is 0.567. The first kappa shape index (κ1) is 20.2.